The van der Waals surface area contributed by atoms with E-state index in [0.717, 1.165) is 16.6 Å². The molecule has 0 aliphatic rings. The number of primary amides is 1. The number of amides is 1. The molecule has 0 atom stereocenters. The number of nitrogens with one attached hydrogen (secondary N) is 1. The molecule has 2 rings (SSSR count). The monoisotopic (exact) mass is 316 g/mol. The van der Waals surface area contributed by atoms with E-state index < -0.39 is 5.91 Å². The number of H-pyrrole nitrogens is 1. The van der Waals surface area contributed by atoms with Crippen molar-refractivity contribution in [3.8, 4) is 22.6 Å². The first-order chi connectivity index (χ1) is 10.1. The van der Waals surface area contributed by atoms with Gasteiger partial charge in [-0.05, 0) is 11.4 Å². The fourth-order valence-electron chi connectivity index (χ4n) is 1.76. The van der Waals surface area contributed by atoms with Gasteiger partial charge in [-0.25, -0.2) is 4.98 Å². The highest BCUT2D eigenvalue weighted by Crippen LogP contribution is 2.35. The predicted octanol–water partition coefficient (Wildman–Crippen LogP) is 1.13. The van der Waals surface area contributed by atoms with E-state index in [1.54, 1.807) is 0 Å². The largest absolute Gasteiger partial charge is 0.369 e. The number of nitriles is 2. The molecule has 0 bridgehead atoms. The van der Waals surface area contributed by atoms with Crippen molar-refractivity contribution in [2.24, 2.45) is 5.73 Å². The molecule has 0 aromatic carbocycles. The predicted molar refractivity (Wildman–Crippen MR) is 80.1 cm³/mol. The van der Waals surface area contributed by atoms with Crippen LogP contribution in [-0.4, -0.2) is 11.7 Å². The van der Waals surface area contributed by atoms with Gasteiger partial charge < -0.3 is 5.73 Å². The highest BCUT2D eigenvalue weighted by molar-refractivity contribution is 7.99. The third-order valence-corrected chi connectivity index (χ3v) is 4.51. The van der Waals surface area contributed by atoms with Crippen LogP contribution in [0.5, 0.6) is 0 Å². The minimum Gasteiger partial charge on any atom is -0.369 e. The third kappa shape index (κ3) is 2.97. The van der Waals surface area contributed by atoms with Crippen LogP contribution in [0.25, 0.3) is 10.4 Å². The van der Waals surface area contributed by atoms with Crippen molar-refractivity contribution in [1.82, 2.24) is 0 Å². The van der Waals surface area contributed by atoms with E-state index in [9.17, 15) is 15.3 Å². The maximum Gasteiger partial charge on any atom is 0.289 e. The minimum atomic E-state index is -0.502. The second-order valence-electron chi connectivity index (χ2n) is 3.95. The summed E-state index contributed by atoms with van der Waals surface area (Å²) >= 11 is 2.49. The van der Waals surface area contributed by atoms with Gasteiger partial charge in [0.2, 0.25) is 5.91 Å². The Labute approximate surface area is 129 Å². The fourth-order valence-corrected chi connectivity index (χ4v) is 3.31. The molecule has 0 spiro atoms. The van der Waals surface area contributed by atoms with Gasteiger partial charge in [-0.15, -0.1) is 11.3 Å². The maximum atomic E-state index is 10.9. The molecule has 0 saturated carbocycles. The molecule has 21 heavy (non-hydrogen) atoms. The van der Waals surface area contributed by atoms with Crippen LogP contribution < -0.4 is 16.5 Å². The van der Waals surface area contributed by atoms with Crippen molar-refractivity contribution in [2.45, 2.75) is 5.03 Å². The van der Waals surface area contributed by atoms with Crippen LogP contribution in [-0.2, 0) is 4.79 Å². The van der Waals surface area contributed by atoms with Crippen molar-refractivity contribution in [3.63, 3.8) is 0 Å². The van der Waals surface area contributed by atoms with Gasteiger partial charge in [0.05, 0.1) is 5.75 Å². The smallest absolute Gasteiger partial charge is 0.289 e. The lowest BCUT2D eigenvalue weighted by atomic mass is 10.0. The molecule has 2 heterocycles. The molecular weight excluding hydrogens is 306 g/mol. The average molecular weight is 316 g/mol. The van der Waals surface area contributed by atoms with Crippen molar-refractivity contribution in [3.05, 3.63) is 28.6 Å². The first-order valence-electron chi connectivity index (χ1n) is 5.72. The Morgan fingerprint density at radius 2 is 2.10 bits per heavy atom. The number of anilines is 1. The van der Waals surface area contributed by atoms with E-state index in [4.69, 9.17) is 11.5 Å². The molecule has 2 aromatic heterocycles. The molecule has 0 fully saturated rings. The van der Waals surface area contributed by atoms with E-state index in [-0.39, 0.29) is 22.7 Å². The molecule has 1 amide bonds. The second-order valence-corrected chi connectivity index (χ2v) is 5.88. The van der Waals surface area contributed by atoms with E-state index in [1.165, 1.54) is 11.3 Å². The number of rotatable bonds is 4. The molecule has 0 unspecified atom stereocenters. The van der Waals surface area contributed by atoms with Gasteiger partial charge in [0, 0.05) is 10.4 Å². The normalized spacial score (nSPS) is 9.81. The van der Waals surface area contributed by atoms with Crippen LogP contribution in [0.2, 0.25) is 0 Å². The van der Waals surface area contributed by atoms with Crippen molar-refractivity contribution < 1.29 is 9.78 Å². The summed E-state index contributed by atoms with van der Waals surface area (Å²) in [6.07, 6.45) is 0. The van der Waals surface area contributed by atoms with Gasteiger partial charge in [0.1, 0.15) is 17.7 Å². The average Bonchev–Trinajstić information content (AvgIpc) is 2.97. The number of nitrogens with zero attached hydrogens (tertiary/aromatic N) is 2. The number of thiophene rings is 1. The Morgan fingerprint density at radius 3 is 2.62 bits per heavy atom. The second kappa shape index (κ2) is 6.27. The SMILES string of the molecule is N#Cc1c(N)[nH+]c(SCC(N)=O)c(C#N)c1-c1cccs1. The summed E-state index contributed by atoms with van der Waals surface area (Å²) in [6.45, 7) is 0. The number of aromatic nitrogens is 1. The highest BCUT2D eigenvalue weighted by atomic mass is 32.2. The number of nitrogens with two attached hydrogens (primary N) is 2. The lowest BCUT2D eigenvalue weighted by Crippen LogP contribution is -2.20. The molecule has 6 nitrogen and oxygen atoms in total. The zero-order chi connectivity index (χ0) is 15.4. The maximum absolute atomic E-state index is 10.9. The first-order valence-corrected chi connectivity index (χ1v) is 7.59. The van der Waals surface area contributed by atoms with Gasteiger partial charge in [-0.3, -0.25) is 10.5 Å². The zero-order valence-corrected chi connectivity index (χ0v) is 12.3. The number of aromatic amines is 1. The van der Waals surface area contributed by atoms with E-state index in [2.05, 4.69) is 11.1 Å². The van der Waals surface area contributed by atoms with Gasteiger partial charge >= 0.3 is 0 Å². The van der Waals surface area contributed by atoms with Crippen molar-refractivity contribution in [2.75, 3.05) is 11.5 Å². The summed E-state index contributed by atoms with van der Waals surface area (Å²) in [5, 5.41) is 21.0. The number of thioether (sulfide) groups is 1. The summed E-state index contributed by atoms with van der Waals surface area (Å²) in [7, 11) is 0. The van der Waals surface area contributed by atoms with E-state index in [1.807, 2.05) is 23.6 Å². The van der Waals surface area contributed by atoms with Gasteiger partial charge in [0.15, 0.2) is 10.6 Å². The first kappa shape index (κ1) is 14.9. The lowest BCUT2D eigenvalue weighted by Gasteiger charge is -2.07. The molecule has 2 aromatic rings. The lowest BCUT2D eigenvalue weighted by molar-refractivity contribution is -0.410. The van der Waals surface area contributed by atoms with E-state index in [0.29, 0.717) is 10.6 Å². The Kier molecular flexibility index (Phi) is 4.43. The molecule has 0 aliphatic carbocycles. The molecule has 104 valence electrons. The van der Waals surface area contributed by atoms with Gasteiger partial charge in [-0.1, -0.05) is 17.8 Å². The van der Waals surface area contributed by atoms with Crippen LogP contribution in [0.15, 0.2) is 22.5 Å². The Morgan fingerprint density at radius 1 is 1.38 bits per heavy atom. The molecule has 0 radical (unpaired) electrons. The molecule has 0 aliphatic heterocycles. The molecule has 8 heteroatoms. The highest BCUT2D eigenvalue weighted by Gasteiger charge is 2.24. The standard InChI is InChI=1S/C13H9N5OS2/c14-4-7-11(9-2-1-3-20-9)8(5-15)13(18-12(7)17)21-6-10(16)19/h1-3H,6H2,(H2,16,19)(H2,17,18)/p+1. The summed E-state index contributed by atoms with van der Waals surface area (Å²) in [6, 6.07) is 7.73. The topological polar surface area (TPSA) is 131 Å². The van der Waals surface area contributed by atoms with Crippen LogP contribution in [0.1, 0.15) is 11.1 Å². The number of hydrogen-bond donors (Lipinski definition) is 2. The summed E-state index contributed by atoms with van der Waals surface area (Å²) in [5.41, 5.74) is 12.0. The van der Waals surface area contributed by atoms with Crippen molar-refractivity contribution in [1.29, 1.82) is 10.5 Å². The van der Waals surface area contributed by atoms with Crippen LogP contribution >= 0.6 is 23.1 Å². The summed E-state index contributed by atoms with van der Waals surface area (Å²) in [5.74, 6) is -0.329. The third-order valence-electron chi connectivity index (χ3n) is 2.59. The number of carbonyl (C=O) groups excluding carboxylic acids is 1. The number of hydrogen-bond acceptors (Lipinski definition) is 6. The molecule has 5 N–H and O–H groups in total. The van der Waals surface area contributed by atoms with E-state index >= 15 is 0 Å². The number of pyridine rings is 1. The minimum absolute atomic E-state index is 0.0143. The quantitative estimate of drug-likeness (QED) is 0.816. The van der Waals surface area contributed by atoms with Crippen LogP contribution in [0.4, 0.5) is 5.82 Å². The number of carbonyl (C=O) groups is 1. The van der Waals surface area contributed by atoms with Gasteiger partial charge in [0.25, 0.3) is 5.82 Å². The van der Waals surface area contributed by atoms with Crippen LogP contribution in [0.3, 0.4) is 0 Å². The Balaban J connectivity index is 2.69. The Hall–Kier alpha value is -2.55. The van der Waals surface area contributed by atoms with Crippen molar-refractivity contribution >= 4 is 34.8 Å². The molecule has 0 saturated heterocycles. The molecular formula is C13H10N5OS2+. The van der Waals surface area contributed by atoms with Crippen LogP contribution in [0, 0.1) is 22.7 Å². The zero-order valence-electron chi connectivity index (χ0n) is 10.7. The fraction of sp³-hybridized carbons (Fsp3) is 0.0769. The number of nitrogen functional groups attached to an aromatic ring is 1. The Bertz CT molecular complexity index is 771. The van der Waals surface area contributed by atoms with Gasteiger partial charge in [-0.2, -0.15) is 10.5 Å². The summed E-state index contributed by atoms with van der Waals surface area (Å²) in [4.78, 5) is 14.5. The summed E-state index contributed by atoms with van der Waals surface area (Å²) < 4.78 is 0.